The lowest BCUT2D eigenvalue weighted by Gasteiger charge is -2.26. The molecule has 1 saturated heterocycles. The number of rotatable bonds is 3. The number of hydrogen-bond acceptors (Lipinski definition) is 5. The molecule has 0 atom stereocenters. The maximum absolute atomic E-state index is 12.0. The standard InChI is InChI=1S/C12H16N6O.2ClH/c1-7-3-8(2)18-12(15-7)16-10(17-18)11(19)14-6-9-4-13-5-9;;/h3,9,13H,4-6H2,1-2H3,(H,14,19);2*1H. The first-order valence-electron chi connectivity index (χ1n) is 6.33. The summed E-state index contributed by atoms with van der Waals surface area (Å²) in [5.41, 5.74) is 1.78. The highest BCUT2D eigenvalue weighted by atomic mass is 35.5. The quantitative estimate of drug-likeness (QED) is 0.856. The molecule has 0 saturated carbocycles. The van der Waals surface area contributed by atoms with Crippen molar-refractivity contribution < 1.29 is 4.79 Å². The summed E-state index contributed by atoms with van der Waals surface area (Å²) in [6.07, 6.45) is 0. The number of nitrogens with one attached hydrogen (secondary N) is 2. The highest BCUT2D eigenvalue weighted by Crippen LogP contribution is 2.06. The van der Waals surface area contributed by atoms with Gasteiger partial charge in [-0.25, -0.2) is 9.50 Å². The van der Waals surface area contributed by atoms with Crippen LogP contribution in [0, 0.1) is 19.8 Å². The minimum Gasteiger partial charge on any atom is -0.349 e. The highest BCUT2D eigenvalue weighted by Gasteiger charge is 2.20. The van der Waals surface area contributed by atoms with Gasteiger partial charge in [0, 0.05) is 36.9 Å². The van der Waals surface area contributed by atoms with Crippen LogP contribution in [0.1, 0.15) is 22.0 Å². The molecule has 0 bridgehead atoms. The SMILES string of the molecule is Cc1cc(C)n2nc(C(=O)NCC3CNC3)nc2n1.Cl.Cl. The van der Waals surface area contributed by atoms with Crippen molar-refractivity contribution in [2.24, 2.45) is 5.92 Å². The van der Waals surface area contributed by atoms with Crippen molar-refractivity contribution in [1.82, 2.24) is 30.2 Å². The van der Waals surface area contributed by atoms with E-state index < -0.39 is 0 Å². The third-order valence-electron chi connectivity index (χ3n) is 3.24. The first kappa shape index (κ1) is 17.6. The van der Waals surface area contributed by atoms with E-state index in [2.05, 4.69) is 25.7 Å². The lowest BCUT2D eigenvalue weighted by Crippen LogP contribution is -2.48. The fourth-order valence-electron chi connectivity index (χ4n) is 2.07. The van der Waals surface area contributed by atoms with E-state index in [1.807, 2.05) is 19.9 Å². The van der Waals surface area contributed by atoms with Crippen molar-refractivity contribution in [3.8, 4) is 0 Å². The Morgan fingerprint density at radius 1 is 1.38 bits per heavy atom. The summed E-state index contributed by atoms with van der Waals surface area (Å²) in [7, 11) is 0. The fraction of sp³-hybridized carbons (Fsp3) is 0.500. The van der Waals surface area contributed by atoms with E-state index in [4.69, 9.17) is 0 Å². The Bertz CT molecular complexity index is 640. The molecule has 1 fully saturated rings. The van der Waals surface area contributed by atoms with Crippen LogP contribution in [0.3, 0.4) is 0 Å². The Hall–Kier alpha value is -1.44. The molecule has 2 aromatic heterocycles. The fourth-order valence-corrected chi connectivity index (χ4v) is 2.07. The summed E-state index contributed by atoms with van der Waals surface area (Å²) in [5, 5.41) is 10.2. The molecule has 0 aliphatic carbocycles. The molecule has 1 amide bonds. The van der Waals surface area contributed by atoms with Crippen LogP contribution in [-0.4, -0.2) is 45.1 Å². The van der Waals surface area contributed by atoms with Gasteiger partial charge in [-0.05, 0) is 19.9 Å². The van der Waals surface area contributed by atoms with E-state index >= 15 is 0 Å². The summed E-state index contributed by atoms with van der Waals surface area (Å²) >= 11 is 0. The van der Waals surface area contributed by atoms with Crippen LogP contribution in [0.25, 0.3) is 5.78 Å². The molecule has 116 valence electrons. The average Bonchev–Trinajstić information content (AvgIpc) is 2.70. The molecule has 2 N–H and O–H groups in total. The van der Waals surface area contributed by atoms with Crippen LogP contribution in [-0.2, 0) is 0 Å². The Labute approximate surface area is 134 Å². The largest absolute Gasteiger partial charge is 0.349 e. The van der Waals surface area contributed by atoms with Crippen LogP contribution in [0.15, 0.2) is 6.07 Å². The zero-order chi connectivity index (χ0) is 13.4. The summed E-state index contributed by atoms with van der Waals surface area (Å²) < 4.78 is 1.59. The van der Waals surface area contributed by atoms with Gasteiger partial charge < -0.3 is 10.6 Å². The van der Waals surface area contributed by atoms with Crippen LogP contribution in [0.5, 0.6) is 0 Å². The third kappa shape index (κ3) is 3.61. The van der Waals surface area contributed by atoms with Crippen LogP contribution >= 0.6 is 24.8 Å². The number of carbonyl (C=O) groups is 1. The number of halogens is 2. The number of aryl methyl sites for hydroxylation is 2. The first-order valence-corrected chi connectivity index (χ1v) is 6.33. The predicted molar refractivity (Wildman–Crippen MR) is 83.4 cm³/mol. The van der Waals surface area contributed by atoms with Gasteiger partial charge >= 0.3 is 0 Å². The summed E-state index contributed by atoms with van der Waals surface area (Å²) in [6, 6.07) is 1.91. The van der Waals surface area contributed by atoms with E-state index in [1.165, 1.54) is 0 Å². The van der Waals surface area contributed by atoms with Gasteiger partial charge in [-0.3, -0.25) is 4.79 Å². The lowest BCUT2D eigenvalue weighted by atomic mass is 10.0. The number of carbonyl (C=O) groups excluding carboxylic acids is 1. The monoisotopic (exact) mass is 332 g/mol. The Balaban J connectivity index is 0.00000110. The lowest BCUT2D eigenvalue weighted by molar-refractivity contribution is 0.0932. The highest BCUT2D eigenvalue weighted by molar-refractivity contribution is 5.90. The number of amides is 1. The maximum Gasteiger partial charge on any atom is 0.291 e. The summed E-state index contributed by atoms with van der Waals surface area (Å²) in [5.74, 6) is 0.916. The van der Waals surface area contributed by atoms with Crippen molar-refractivity contribution in [1.29, 1.82) is 0 Å². The normalized spacial score (nSPS) is 14.0. The van der Waals surface area contributed by atoms with Gasteiger partial charge in [0.2, 0.25) is 5.82 Å². The molecular weight excluding hydrogens is 315 g/mol. The second-order valence-corrected chi connectivity index (χ2v) is 4.92. The Kier molecular flexibility index (Phi) is 5.88. The topological polar surface area (TPSA) is 84.2 Å². The van der Waals surface area contributed by atoms with Gasteiger partial charge in [0.1, 0.15) is 0 Å². The molecule has 21 heavy (non-hydrogen) atoms. The molecule has 3 heterocycles. The van der Waals surface area contributed by atoms with Gasteiger partial charge in [0.05, 0.1) is 0 Å². The molecule has 2 aromatic rings. The van der Waals surface area contributed by atoms with E-state index in [1.54, 1.807) is 4.52 Å². The number of nitrogens with zero attached hydrogens (tertiary/aromatic N) is 4. The van der Waals surface area contributed by atoms with Crippen LogP contribution in [0.2, 0.25) is 0 Å². The zero-order valence-electron chi connectivity index (χ0n) is 11.8. The van der Waals surface area contributed by atoms with Gasteiger partial charge in [0.15, 0.2) is 0 Å². The molecule has 3 rings (SSSR count). The maximum atomic E-state index is 12.0. The van der Waals surface area contributed by atoms with Gasteiger partial charge in [0.25, 0.3) is 11.7 Å². The van der Waals surface area contributed by atoms with Gasteiger partial charge in [-0.1, -0.05) is 0 Å². The van der Waals surface area contributed by atoms with Crippen molar-refractivity contribution >= 4 is 36.5 Å². The Morgan fingerprint density at radius 3 is 2.71 bits per heavy atom. The van der Waals surface area contributed by atoms with Crippen molar-refractivity contribution in [3.63, 3.8) is 0 Å². The summed E-state index contributed by atoms with van der Waals surface area (Å²) in [4.78, 5) is 20.4. The minimum atomic E-state index is -0.241. The second-order valence-electron chi connectivity index (χ2n) is 4.92. The van der Waals surface area contributed by atoms with Crippen molar-refractivity contribution in [3.05, 3.63) is 23.3 Å². The number of fused-ring (bicyclic) bond motifs is 1. The molecule has 0 aromatic carbocycles. The Morgan fingerprint density at radius 2 is 2.10 bits per heavy atom. The van der Waals surface area contributed by atoms with E-state index in [9.17, 15) is 4.79 Å². The average molecular weight is 333 g/mol. The first-order chi connectivity index (χ1) is 9.13. The second kappa shape index (κ2) is 7.02. The van der Waals surface area contributed by atoms with E-state index in [-0.39, 0.29) is 36.5 Å². The smallest absolute Gasteiger partial charge is 0.291 e. The van der Waals surface area contributed by atoms with Gasteiger partial charge in [-0.2, -0.15) is 4.98 Å². The molecule has 0 unspecified atom stereocenters. The molecular formula is C12H18Cl2N6O. The van der Waals surface area contributed by atoms with E-state index in [0.717, 1.165) is 24.5 Å². The minimum absolute atomic E-state index is 0. The van der Waals surface area contributed by atoms with E-state index in [0.29, 0.717) is 18.2 Å². The molecule has 1 aliphatic heterocycles. The molecule has 7 nitrogen and oxygen atoms in total. The van der Waals surface area contributed by atoms with Crippen molar-refractivity contribution in [2.75, 3.05) is 19.6 Å². The molecule has 0 radical (unpaired) electrons. The molecule has 9 heteroatoms. The third-order valence-corrected chi connectivity index (χ3v) is 3.24. The summed E-state index contributed by atoms with van der Waals surface area (Å²) in [6.45, 7) is 6.38. The number of hydrogen-bond donors (Lipinski definition) is 2. The zero-order valence-corrected chi connectivity index (χ0v) is 13.4. The van der Waals surface area contributed by atoms with Crippen LogP contribution < -0.4 is 10.6 Å². The number of aromatic nitrogens is 4. The molecule has 1 aliphatic rings. The van der Waals surface area contributed by atoms with Gasteiger partial charge in [-0.15, -0.1) is 29.9 Å². The predicted octanol–water partition coefficient (Wildman–Crippen LogP) is 0.534. The van der Waals surface area contributed by atoms with Crippen LogP contribution in [0.4, 0.5) is 0 Å². The van der Waals surface area contributed by atoms with Crippen molar-refractivity contribution in [2.45, 2.75) is 13.8 Å². The molecule has 0 spiro atoms.